The number of aryl methyl sites for hydroxylation is 1. The zero-order valence-corrected chi connectivity index (χ0v) is 11.4. The van der Waals surface area contributed by atoms with Gasteiger partial charge in [0.25, 0.3) is 0 Å². The quantitative estimate of drug-likeness (QED) is 0.885. The number of amides is 1. The Balaban J connectivity index is 1.93. The van der Waals surface area contributed by atoms with Crippen LogP contribution < -0.4 is 5.32 Å². The standard InChI is InChI=1S/C12H19N3OS/c1-8(2)13-10-4-5-15(12(10)16)6-11-14-9(3)7-17-11/h7-8,10,13H,4-6H2,1-3H3. The summed E-state index contributed by atoms with van der Waals surface area (Å²) in [5.41, 5.74) is 1.04. The monoisotopic (exact) mass is 253 g/mol. The summed E-state index contributed by atoms with van der Waals surface area (Å²) in [6, 6.07) is 0.349. The summed E-state index contributed by atoms with van der Waals surface area (Å²) in [5, 5.41) is 6.36. The summed E-state index contributed by atoms with van der Waals surface area (Å²) in [7, 11) is 0. The minimum absolute atomic E-state index is 0.00365. The fraction of sp³-hybridized carbons (Fsp3) is 0.667. The van der Waals surface area contributed by atoms with Crippen molar-refractivity contribution < 1.29 is 4.79 Å². The number of nitrogens with one attached hydrogen (secondary N) is 1. The third kappa shape index (κ3) is 3.04. The molecule has 1 aliphatic rings. The molecular formula is C12H19N3OS. The van der Waals surface area contributed by atoms with Gasteiger partial charge in [0.15, 0.2) is 0 Å². The average Bonchev–Trinajstić information content (AvgIpc) is 2.79. The first-order chi connectivity index (χ1) is 8.06. The van der Waals surface area contributed by atoms with E-state index in [2.05, 4.69) is 24.1 Å². The van der Waals surface area contributed by atoms with Crippen LogP contribution >= 0.6 is 11.3 Å². The van der Waals surface area contributed by atoms with Crippen LogP contribution in [0.15, 0.2) is 5.38 Å². The van der Waals surface area contributed by atoms with Crippen LogP contribution in [0.2, 0.25) is 0 Å². The summed E-state index contributed by atoms with van der Waals surface area (Å²) < 4.78 is 0. The molecule has 1 N–H and O–H groups in total. The van der Waals surface area contributed by atoms with Crippen molar-refractivity contribution in [2.75, 3.05) is 6.54 Å². The Morgan fingerprint density at radius 3 is 3.00 bits per heavy atom. The lowest BCUT2D eigenvalue weighted by Crippen LogP contribution is -2.41. The van der Waals surface area contributed by atoms with E-state index in [9.17, 15) is 4.79 Å². The van der Waals surface area contributed by atoms with Crippen LogP contribution in [-0.4, -0.2) is 34.4 Å². The summed E-state index contributed by atoms with van der Waals surface area (Å²) in [6.45, 7) is 7.62. The molecule has 0 spiro atoms. The van der Waals surface area contributed by atoms with Crippen molar-refractivity contribution >= 4 is 17.2 Å². The van der Waals surface area contributed by atoms with Gasteiger partial charge in [-0.2, -0.15) is 0 Å². The molecule has 0 bridgehead atoms. The Bertz CT molecular complexity index is 402. The maximum atomic E-state index is 12.1. The summed E-state index contributed by atoms with van der Waals surface area (Å²) in [4.78, 5) is 18.4. The van der Waals surface area contributed by atoms with E-state index in [4.69, 9.17) is 0 Å². The van der Waals surface area contributed by atoms with E-state index in [1.54, 1.807) is 11.3 Å². The van der Waals surface area contributed by atoms with Crippen LogP contribution in [0, 0.1) is 6.92 Å². The number of thiazole rings is 1. The van der Waals surface area contributed by atoms with Gasteiger partial charge in [-0.15, -0.1) is 11.3 Å². The van der Waals surface area contributed by atoms with E-state index in [0.717, 1.165) is 23.7 Å². The van der Waals surface area contributed by atoms with Crippen LogP contribution in [0.1, 0.15) is 31.0 Å². The SMILES string of the molecule is Cc1csc(CN2CCC(NC(C)C)C2=O)n1. The third-order valence-electron chi connectivity index (χ3n) is 2.82. The van der Waals surface area contributed by atoms with Crippen LogP contribution in [0.5, 0.6) is 0 Å². The molecule has 1 aliphatic heterocycles. The van der Waals surface area contributed by atoms with Gasteiger partial charge in [0.1, 0.15) is 5.01 Å². The van der Waals surface area contributed by atoms with Crippen LogP contribution in [-0.2, 0) is 11.3 Å². The van der Waals surface area contributed by atoms with Crippen LogP contribution in [0.4, 0.5) is 0 Å². The minimum Gasteiger partial charge on any atom is -0.335 e. The molecule has 5 heteroatoms. The predicted octanol–water partition coefficient (Wildman–Crippen LogP) is 1.55. The highest BCUT2D eigenvalue weighted by atomic mass is 32.1. The van der Waals surface area contributed by atoms with Gasteiger partial charge in [-0.3, -0.25) is 4.79 Å². The molecule has 2 heterocycles. The maximum Gasteiger partial charge on any atom is 0.240 e. The average molecular weight is 253 g/mol. The van der Waals surface area contributed by atoms with Crippen molar-refractivity contribution in [3.63, 3.8) is 0 Å². The molecule has 17 heavy (non-hydrogen) atoms. The van der Waals surface area contributed by atoms with Gasteiger partial charge in [-0.05, 0) is 13.3 Å². The molecule has 1 amide bonds. The number of carbonyl (C=O) groups excluding carboxylic acids is 1. The molecule has 0 saturated carbocycles. The zero-order valence-electron chi connectivity index (χ0n) is 10.6. The van der Waals surface area contributed by atoms with Gasteiger partial charge < -0.3 is 10.2 Å². The van der Waals surface area contributed by atoms with Gasteiger partial charge in [-0.1, -0.05) is 13.8 Å². The van der Waals surface area contributed by atoms with Gasteiger partial charge >= 0.3 is 0 Å². The van der Waals surface area contributed by atoms with Crippen molar-refractivity contribution in [3.8, 4) is 0 Å². The van der Waals surface area contributed by atoms with Crippen LogP contribution in [0.3, 0.4) is 0 Å². The zero-order chi connectivity index (χ0) is 12.4. The van der Waals surface area contributed by atoms with E-state index < -0.39 is 0 Å². The Labute approximate surface area is 106 Å². The molecule has 1 aromatic heterocycles. The minimum atomic E-state index is -0.00365. The molecular weight excluding hydrogens is 234 g/mol. The summed E-state index contributed by atoms with van der Waals surface area (Å²) >= 11 is 1.63. The van der Waals surface area contributed by atoms with E-state index in [0.29, 0.717) is 12.6 Å². The molecule has 1 atom stereocenters. The Hall–Kier alpha value is -0.940. The Morgan fingerprint density at radius 2 is 2.41 bits per heavy atom. The van der Waals surface area contributed by atoms with Crippen molar-refractivity contribution in [3.05, 3.63) is 16.1 Å². The predicted molar refractivity (Wildman–Crippen MR) is 68.9 cm³/mol. The highest BCUT2D eigenvalue weighted by molar-refractivity contribution is 7.09. The molecule has 1 unspecified atom stereocenters. The fourth-order valence-corrected chi connectivity index (χ4v) is 2.88. The van der Waals surface area contributed by atoms with Crippen molar-refractivity contribution in [2.45, 2.75) is 45.8 Å². The molecule has 4 nitrogen and oxygen atoms in total. The van der Waals surface area contributed by atoms with Crippen LogP contribution in [0.25, 0.3) is 0 Å². The van der Waals surface area contributed by atoms with E-state index in [1.807, 2.05) is 17.2 Å². The number of carbonyl (C=O) groups is 1. The lowest BCUT2D eigenvalue weighted by Gasteiger charge is -2.17. The van der Waals surface area contributed by atoms with E-state index in [1.165, 1.54) is 0 Å². The molecule has 1 aromatic rings. The van der Waals surface area contributed by atoms with Crippen molar-refractivity contribution in [1.29, 1.82) is 0 Å². The Kier molecular flexibility index (Phi) is 3.79. The summed E-state index contributed by atoms with van der Waals surface area (Å²) in [6.07, 6.45) is 0.904. The largest absolute Gasteiger partial charge is 0.335 e. The second-order valence-electron chi connectivity index (χ2n) is 4.81. The maximum absolute atomic E-state index is 12.1. The van der Waals surface area contributed by atoms with Crippen molar-refractivity contribution in [1.82, 2.24) is 15.2 Å². The lowest BCUT2D eigenvalue weighted by molar-refractivity contribution is -0.130. The number of likely N-dealkylation sites (tertiary alicyclic amines) is 1. The Morgan fingerprint density at radius 1 is 1.65 bits per heavy atom. The number of hydrogen-bond donors (Lipinski definition) is 1. The van der Waals surface area contributed by atoms with Gasteiger partial charge in [0.2, 0.25) is 5.91 Å². The molecule has 1 saturated heterocycles. The first-order valence-electron chi connectivity index (χ1n) is 6.02. The normalized spacial score (nSPS) is 20.6. The van der Waals surface area contributed by atoms with E-state index >= 15 is 0 Å². The topological polar surface area (TPSA) is 45.2 Å². The van der Waals surface area contributed by atoms with E-state index in [-0.39, 0.29) is 11.9 Å². The molecule has 2 rings (SSSR count). The number of rotatable bonds is 4. The second kappa shape index (κ2) is 5.14. The lowest BCUT2D eigenvalue weighted by atomic mass is 10.2. The number of aromatic nitrogens is 1. The van der Waals surface area contributed by atoms with Gasteiger partial charge in [0, 0.05) is 23.7 Å². The molecule has 94 valence electrons. The second-order valence-corrected chi connectivity index (χ2v) is 5.75. The molecule has 0 radical (unpaired) electrons. The first kappa shape index (κ1) is 12.5. The molecule has 0 aliphatic carbocycles. The fourth-order valence-electron chi connectivity index (χ4n) is 2.09. The molecule has 1 fully saturated rings. The summed E-state index contributed by atoms with van der Waals surface area (Å²) in [5.74, 6) is 0.214. The first-order valence-corrected chi connectivity index (χ1v) is 6.90. The third-order valence-corrected chi connectivity index (χ3v) is 3.78. The van der Waals surface area contributed by atoms with Crippen molar-refractivity contribution in [2.24, 2.45) is 0 Å². The van der Waals surface area contributed by atoms with Gasteiger partial charge in [0.05, 0.1) is 12.6 Å². The highest BCUT2D eigenvalue weighted by Crippen LogP contribution is 2.17. The number of nitrogens with zero attached hydrogens (tertiary/aromatic N) is 2. The number of hydrogen-bond acceptors (Lipinski definition) is 4. The van der Waals surface area contributed by atoms with Gasteiger partial charge in [-0.25, -0.2) is 4.98 Å². The molecule has 0 aromatic carbocycles. The highest BCUT2D eigenvalue weighted by Gasteiger charge is 2.31. The smallest absolute Gasteiger partial charge is 0.240 e.